The molecule has 1 aromatic rings. The van der Waals surface area contributed by atoms with Crippen molar-refractivity contribution in [3.63, 3.8) is 0 Å². The van der Waals surface area contributed by atoms with Gasteiger partial charge in [0.25, 0.3) is 14.3 Å². The first-order chi connectivity index (χ1) is 45.8. The number of nitrogens with zero attached hydrogens (tertiary/aromatic N) is 4. The molecule has 0 aliphatic carbocycles. The van der Waals surface area contributed by atoms with E-state index >= 15 is 4.11 Å². The third kappa shape index (κ3) is 33.2. The first-order valence-electron chi connectivity index (χ1n) is 33.5. The van der Waals surface area contributed by atoms with Crippen molar-refractivity contribution < 1.29 is 112 Å². The second-order valence-corrected chi connectivity index (χ2v) is 32.2. The number of unbranched alkanes of at least 4 members (excludes halogenated alkanes) is 5. The van der Waals surface area contributed by atoms with E-state index in [1.54, 1.807) is 17.0 Å². The second kappa shape index (κ2) is 43.6. The zero-order chi connectivity index (χ0) is 73.9. The van der Waals surface area contributed by atoms with E-state index in [1.807, 2.05) is 41.5 Å². The number of halogens is 1. The summed E-state index contributed by atoms with van der Waals surface area (Å²) in [5.74, 6) is -17.0. The third-order valence-corrected chi connectivity index (χ3v) is 22.7. The molecule has 98 heavy (non-hydrogen) atoms. The number of rotatable bonds is 46. The molecule has 0 radical (unpaired) electrons. The number of carboxylic acids is 8. The summed E-state index contributed by atoms with van der Waals surface area (Å²) in [5.41, 5.74) is 0.0947. The van der Waals surface area contributed by atoms with E-state index in [-0.39, 0.29) is 128 Å². The van der Waals surface area contributed by atoms with Gasteiger partial charge in [0, 0.05) is 123 Å². The van der Waals surface area contributed by atoms with Gasteiger partial charge in [0.1, 0.15) is 17.9 Å². The molecule has 30 nitrogen and oxygen atoms in total. The van der Waals surface area contributed by atoms with Crippen LogP contribution in [-0.4, -0.2) is 256 Å². The molecule has 32 heteroatoms. The van der Waals surface area contributed by atoms with Gasteiger partial charge in [0.15, 0.2) is 5.78 Å². The Bertz CT molecular complexity index is 2810. The van der Waals surface area contributed by atoms with Crippen molar-refractivity contribution in [2.24, 2.45) is 17.8 Å². The van der Waals surface area contributed by atoms with Crippen molar-refractivity contribution in [2.75, 3.05) is 91.6 Å². The maximum Gasteiger partial charge on any atom is 0.320 e. The van der Waals surface area contributed by atoms with E-state index in [0.29, 0.717) is 50.1 Å². The largest absolute Gasteiger partial charge is 0.481 e. The minimum atomic E-state index is -3.73. The van der Waals surface area contributed by atoms with Crippen molar-refractivity contribution in [2.45, 2.75) is 186 Å². The van der Waals surface area contributed by atoms with Crippen molar-refractivity contribution in [3.8, 4) is 0 Å². The number of hydrogen-bond acceptors (Lipinski definition) is 18. The number of hydrogen-bond donors (Lipinski definition) is 12. The van der Waals surface area contributed by atoms with Gasteiger partial charge in [0.2, 0.25) is 17.7 Å². The molecule has 3 unspecified atom stereocenters. The maximum absolute atomic E-state index is 17.1. The van der Waals surface area contributed by atoms with Crippen molar-refractivity contribution in [3.05, 3.63) is 29.8 Å². The lowest BCUT2D eigenvalue weighted by Gasteiger charge is -2.44. The van der Waals surface area contributed by atoms with E-state index < -0.39 is 178 Å². The zero-order valence-corrected chi connectivity index (χ0v) is 58.5. The van der Waals surface area contributed by atoms with E-state index in [4.69, 9.17) is 5.11 Å². The highest BCUT2D eigenvalue weighted by Gasteiger charge is 2.56. The van der Waals surface area contributed by atoms with E-state index in [1.165, 1.54) is 26.8 Å². The van der Waals surface area contributed by atoms with Gasteiger partial charge >= 0.3 is 47.8 Å². The number of carboxylic acid groups (broad SMARTS) is 8. The predicted octanol–water partition coefficient (Wildman–Crippen LogP) is 3.52. The molecule has 0 spiro atoms. The zero-order valence-electron chi connectivity index (χ0n) is 57.5. The summed E-state index contributed by atoms with van der Waals surface area (Å²) in [7, 11) is -3.73. The highest BCUT2D eigenvalue weighted by atomic mass is 28.4. The van der Waals surface area contributed by atoms with Crippen LogP contribution in [0.2, 0.25) is 10.1 Å². The maximum atomic E-state index is 17.1. The van der Waals surface area contributed by atoms with Gasteiger partial charge < -0.3 is 66.2 Å². The molecular formula is C66H105FN8O22Si. The van der Waals surface area contributed by atoms with Crippen LogP contribution in [0.15, 0.2) is 24.3 Å². The first kappa shape index (κ1) is 86.3. The molecule has 1 aliphatic heterocycles. The monoisotopic (exact) mass is 1410 g/mol. The normalized spacial score (nSPS) is 15.7. The lowest BCUT2D eigenvalue weighted by Crippen LogP contribution is -2.57. The molecule has 4 amide bonds. The van der Waals surface area contributed by atoms with Crippen LogP contribution in [0.25, 0.3) is 0 Å². The fraction of sp³-hybridized carbons (Fsp3) is 0.697. The third-order valence-electron chi connectivity index (χ3n) is 17.4. The molecule has 12 N–H and O–H groups in total. The summed E-state index contributed by atoms with van der Waals surface area (Å²) in [6, 6.07) is 3.05. The molecule has 0 bridgehead atoms. The van der Waals surface area contributed by atoms with Crippen LogP contribution in [0.3, 0.4) is 0 Å². The van der Waals surface area contributed by atoms with Crippen molar-refractivity contribution in [1.29, 1.82) is 0 Å². The highest BCUT2D eigenvalue weighted by Crippen LogP contribution is 2.51. The molecule has 1 aliphatic rings. The number of aliphatic carboxylic acids is 8. The summed E-state index contributed by atoms with van der Waals surface area (Å²) in [6.07, 6.45) is 1.12. The number of nitrogens with one attached hydrogen (secondary N) is 4. The van der Waals surface area contributed by atoms with Crippen LogP contribution in [0.1, 0.15) is 174 Å². The van der Waals surface area contributed by atoms with Crippen LogP contribution in [0, 0.1) is 17.8 Å². The second-order valence-electron chi connectivity index (χ2n) is 27.3. The van der Waals surface area contributed by atoms with Crippen molar-refractivity contribution >= 4 is 96.5 Å². The molecule has 552 valence electrons. The molecule has 1 aromatic carbocycles. The summed E-state index contributed by atoms with van der Waals surface area (Å²) >= 11 is 0. The van der Waals surface area contributed by atoms with E-state index in [2.05, 4.69) is 21.3 Å². The summed E-state index contributed by atoms with van der Waals surface area (Å²) in [5, 5.41) is 87.3. The minimum absolute atomic E-state index is 0.0198. The Hall–Kier alpha value is -7.81. The number of amides is 4. The molecule has 1 fully saturated rings. The summed E-state index contributed by atoms with van der Waals surface area (Å²) in [6.45, 7) is 9.63. The first-order valence-corrected chi connectivity index (χ1v) is 35.4. The lowest BCUT2D eigenvalue weighted by molar-refractivity contribution is -0.146. The molecule has 5 atom stereocenters. The van der Waals surface area contributed by atoms with Crippen LogP contribution in [-0.2, 0) is 62.3 Å². The highest BCUT2D eigenvalue weighted by molar-refractivity contribution is 6.90. The Kier molecular flexibility index (Phi) is 38.3. The van der Waals surface area contributed by atoms with Crippen LogP contribution >= 0.6 is 0 Å². The fourth-order valence-corrected chi connectivity index (χ4v) is 16.7. The minimum Gasteiger partial charge on any atom is -0.481 e. The van der Waals surface area contributed by atoms with Crippen LogP contribution in [0.4, 0.5) is 4.11 Å². The quantitative estimate of drug-likeness (QED) is 0.0252. The Labute approximate surface area is 572 Å². The molecule has 0 aromatic heterocycles. The average molecular weight is 1410 g/mol. The topological polar surface area (TPSA) is 462 Å². The fourth-order valence-electron chi connectivity index (χ4n) is 12.1. The van der Waals surface area contributed by atoms with Gasteiger partial charge in [-0.3, -0.25) is 86.7 Å². The summed E-state index contributed by atoms with van der Waals surface area (Å²) in [4.78, 5) is 180. The molecule has 1 saturated heterocycles. The average Bonchev–Trinajstić information content (AvgIpc) is 0.749. The van der Waals surface area contributed by atoms with Gasteiger partial charge in [-0.2, -0.15) is 0 Å². The number of ketones is 2. The van der Waals surface area contributed by atoms with Gasteiger partial charge in [-0.15, -0.1) is 0 Å². The van der Waals surface area contributed by atoms with Gasteiger partial charge in [-0.05, 0) is 78.8 Å². The van der Waals surface area contributed by atoms with Gasteiger partial charge in [-0.1, -0.05) is 79.4 Å². The lowest BCUT2D eigenvalue weighted by atomic mass is 9.90. The SMILES string of the molecule is CC(C)(C)[Si]([18F])(c1ccc(C(=O)NCC(NC(=O)CCC(C(=O)O)N2CCN(CC(=O)O)CCN(CC(=O)O)CCN(CC(=O)O)CC2)C(=O)CC(CCCCNC(=O)CCCCCCC(=O)NCCCC[C@H](CC(=O)C[C@@H](CCC(=O)O)C(=O)O)C(=O)O)C(=O)O)cc1)C(C)(C)C. The predicted molar refractivity (Wildman–Crippen MR) is 357 cm³/mol. The summed E-state index contributed by atoms with van der Waals surface area (Å²) < 4.78 is 17.1. The van der Waals surface area contributed by atoms with Crippen LogP contribution in [0.5, 0.6) is 0 Å². The Balaban J connectivity index is 2.09. The van der Waals surface area contributed by atoms with Gasteiger partial charge in [0.05, 0.1) is 37.4 Å². The van der Waals surface area contributed by atoms with Crippen LogP contribution < -0.4 is 26.5 Å². The van der Waals surface area contributed by atoms with Gasteiger partial charge in [-0.25, -0.2) is 0 Å². The standard InChI is InChI=1S/C66H105FN8O22Si/c1-65(2,3)98(67,66(4,5)6)49-22-19-44(20-23-49)60(89)70-40-50(71-55(80)25-24-51(64(96)97)75-35-33-73(42-58(85)86)31-29-72(41-57(83)84)30-32-74(34-36-75)43-59(87)88)52(77)39-46(62(92)93)16-12-14-28-69-54(79)18-10-8-7-9-17-53(78)68-27-13-11-15-45(61(90)91)37-48(76)38-47(63(94)95)21-26-56(81)82/h19-20,22-23,45-47,50-51H,7-18,21,24-43H2,1-6H3,(H,68,78)(H,69,79)(H,70,89)(H,71,80)(H,81,82)(H,83,84)(H,85,86)(H,87,88)(H,90,91)(H,92,93)(H,94,95)(H,96,97)/t45-,46?,47-,50?,51?/m1/s1/i67-1. The number of carbonyl (C=O) groups is 14. The molecular weight excluding hydrogens is 1300 g/mol. The smallest absolute Gasteiger partial charge is 0.320 e. The van der Waals surface area contributed by atoms with E-state index in [0.717, 1.165) is 0 Å². The van der Waals surface area contributed by atoms with Crippen molar-refractivity contribution in [1.82, 2.24) is 40.9 Å². The molecule has 2 rings (SSSR count). The molecule has 1 heterocycles. The Morgan fingerprint density at radius 2 is 0.857 bits per heavy atom. The Morgan fingerprint density at radius 1 is 0.449 bits per heavy atom. The molecule has 0 saturated carbocycles. The number of Topliss-reactive ketones (excluding diaryl/α,β-unsaturated/α-hetero) is 2. The van der Waals surface area contributed by atoms with E-state index in [9.17, 15) is 103 Å². The number of carbonyl (C=O) groups excluding carboxylic acids is 6. The number of benzene rings is 1. The Morgan fingerprint density at radius 3 is 1.24 bits per heavy atom.